The number of aromatic nitrogens is 1. The fraction of sp³-hybridized carbons (Fsp3) is 0.571. The molecule has 0 saturated heterocycles. The molecule has 4 heteroatoms. The molecule has 0 fully saturated rings. The van der Waals surface area contributed by atoms with Gasteiger partial charge < -0.3 is 11.1 Å². The Hall–Kier alpha value is -1.42. The normalized spacial score (nSPS) is 13.2. The second-order valence-electron chi connectivity index (χ2n) is 5.81. The number of nitrogens with one attached hydrogen (secondary N) is 1. The molecule has 1 heterocycles. The lowest BCUT2D eigenvalue weighted by Gasteiger charge is -2.26. The van der Waals surface area contributed by atoms with Crippen LogP contribution in [0.2, 0.25) is 0 Å². The average molecular weight is 249 g/mol. The summed E-state index contributed by atoms with van der Waals surface area (Å²) in [6, 6.07) is 3.60. The Morgan fingerprint density at radius 1 is 1.39 bits per heavy atom. The van der Waals surface area contributed by atoms with Crippen LogP contribution >= 0.6 is 0 Å². The minimum atomic E-state index is -0.156. The molecule has 0 spiro atoms. The molecular weight excluding hydrogens is 226 g/mol. The Balaban J connectivity index is 2.65. The van der Waals surface area contributed by atoms with E-state index in [4.69, 9.17) is 5.73 Å². The molecule has 1 unspecified atom stereocenters. The van der Waals surface area contributed by atoms with E-state index in [-0.39, 0.29) is 17.4 Å². The highest BCUT2D eigenvalue weighted by Crippen LogP contribution is 2.20. The fourth-order valence-electron chi connectivity index (χ4n) is 1.53. The number of nitrogens with two attached hydrogens (primary N) is 1. The van der Waals surface area contributed by atoms with Crippen molar-refractivity contribution in [1.82, 2.24) is 4.98 Å². The number of rotatable bonds is 3. The van der Waals surface area contributed by atoms with Gasteiger partial charge in [0.1, 0.15) is 0 Å². The number of carbonyl (C=O) groups excluding carboxylic acids is 1. The second-order valence-corrected chi connectivity index (χ2v) is 5.81. The fourth-order valence-corrected chi connectivity index (χ4v) is 1.53. The van der Waals surface area contributed by atoms with E-state index in [1.165, 1.54) is 0 Å². The van der Waals surface area contributed by atoms with Crippen LogP contribution in [0.5, 0.6) is 0 Å². The van der Waals surface area contributed by atoms with Gasteiger partial charge in [0.2, 0.25) is 5.91 Å². The van der Waals surface area contributed by atoms with Gasteiger partial charge in [-0.15, -0.1) is 0 Å². The summed E-state index contributed by atoms with van der Waals surface area (Å²) in [4.78, 5) is 16.2. The molecule has 3 N–H and O–H groups in total. The molecule has 0 bridgehead atoms. The van der Waals surface area contributed by atoms with Crippen LogP contribution in [0.1, 0.15) is 38.6 Å². The number of carbonyl (C=O) groups is 1. The lowest BCUT2D eigenvalue weighted by Crippen LogP contribution is -2.38. The Labute approximate surface area is 109 Å². The SMILES string of the molecule is Cc1ccc(NC(=O)CC(N)C(C)(C)C)c(C)n1. The molecule has 1 atom stereocenters. The van der Waals surface area contributed by atoms with E-state index in [2.05, 4.69) is 10.3 Å². The third-order valence-electron chi connectivity index (χ3n) is 3.02. The first-order valence-electron chi connectivity index (χ1n) is 6.20. The first kappa shape index (κ1) is 14.6. The van der Waals surface area contributed by atoms with E-state index < -0.39 is 0 Å². The molecule has 0 saturated carbocycles. The summed E-state index contributed by atoms with van der Waals surface area (Å²) in [5, 5.41) is 2.86. The Kier molecular flexibility index (Phi) is 4.46. The smallest absolute Gasteiger partial charge is 0.226 e. The van der Waals surface area contributed by atoms with Gasteiger partial charge in [0.05, 0.1) is 11.4 Å². The van der Waals surface area contributed by atoms with Crippen molar-refractivity contribution < 1.29 is 4.79 Å². The summed E-state index contributed by atoms with van der Waals surface area (Å²) in [6.07, 6.45) is 0.316. The highest BCUT2D eigenvalue weighted by Gasteiger charge is 2.23. The van der Waals surface area contributed by atoms with Gasteiger partial charge >= 0.3 is 0 Å². The predicted molar refractivity (Wildman–Crippen MR) is 74.4 cm³/mol. The molecule has 0 aliphatic rings. The van der Waals surface area contributed by atoms with Crippen molar-refractivity contribution in [2.75, 3.05) is 5.32 Å². The second kappa shape index (κ2) is 5.48. The number of hydrogen-bond donors (Lipinski definition) is 2. The quantitative estimate of drug-likeness (QED) is 0.864. The van der Waals surface area contributed by atoms with E-state index in [1.54, 1.807) is 0 Å². The first-order chi connectivity index (χ1) is 8.20. The number of amides is 1. The summed E-state index contributed by atoms with van der Waals surface area (Å²) in [7, 11) is 0. The van der Waals surface area contributed by atoms with Crippen LogP contribution in [0.25, 0.3) is 0 Å². The van der Waals surface area contributed by atoms with Crippen LogP contribution in [-0.2, 0) is 4.79 Å². The Morgan fingerprint density at radius 2 is 2.00 bits per heavy atom. The molecule has 18 heavy (non-hydrogen) atoms. The zero-order valence-corrected chi connectivity index (χ0v) is 11.9. The first-order valence-corrected chi connectivity index (χ1v) is 6.20. The number of anilines is 1. The molecule has 0 radical (unpaired) electrons. The van der Waals surface area contributed by atoms with Gasteiger partial charge in [-0.1, -0.05) is 20.8 Å². The maximum Gasteiger partial charge on any atom is 0.226 e. The van der Waals surface area contributed by atoms with Gasteiger partial charge in [0.25, 0.3) is 0 Å². The topological polar surface area (TPSA) is 68.0 Å². The molecule has 0 aliphatic heterocycles. The summed E-state index contributed by atoms with van der Waals surface area (Å²) in [5.74, 6) is -0.0637. The number of aryl methyl sites for hydroxylation is 2. The highest BCUT2D eigenvalue weighted by atomic mass is 16.1. The van der Waals surface area contributed by atoms with Gasteiger partial charge in [-0.25, -0.2) is 0 Å². The molecule has 1 amide bonds. The third kappa shape index (κ3) is 4.11. The van der Waals surface area contributed by atoms with Crippen molar-refractivity contribution in [3.8, 4) is 0 Å². The van der Waals surface area contributed by atoms with Crippen molar-refractivity contribution in [3.63, 3.8) is 0 Å². The summed E-state index contributed by atoms with van der Waals surface area (Å²) < 4.78 is 0. The van der Waals surface area contributed by atoms with E-state index in [9.17, 15) is 4.79 Å². The van der Waals surface area contributed by atoms with Crippen LogP contribution in [0.4, 0.5) is 5.69 Å². The van der Waals surface area contributed by atoms with Crippen LogP contribution in [-0.4, -0.2) is 16.9 Å². The summed E-state index contributed by atoms with van der Waals surface area (Å²) in [6.45, 7) is 9.90. The van der Waals surface area contributed by atoms with Crippen molar-refractivity contribution in [1.29, 1.82) is 0 Å². The highest BCUT2D eigenvalue weighted by molar-refractivity contribution is 5.91. The number of hydrogen-bond acceptors (Lipinski definition) is 3. The molecular formula is C14H23N3O. The summed E-state index contributed by atoms with van der Waals surface area (Å²) in [5.41, 5.74) is 8.44. The molecule has 100 valence electrons. The number of nitrogens with zero attached hydrogens (tertiary/aromatic N) is 1. The Morgan fingerprint density at radius 3 is 2.50 bits per heavy atom. The van der Waals surface area contributed by atoms with Crippen molar-refractivity contribution >= 4 is 11.6 Å². The van der Waals surface area contributed by atoms with Crippen LogP contribution < -0.4 is 11.1 Å². The van der Waals surface area contributed by atoms with E-state index in [0.29, 0.717) is 6.42 Å². The standard InChI is InChI=1S/C14H23N3O/c1-9-6-7-11(10(2)16-9)17-13(18)8-12(15)14(3,4)5/h6-7,12H,8,15H2,1-5H3,(H,17,18). The predicted octanol–water partition coefficient (Wildman–Crippen LogP) is 2.40. The van der Waals surface area contributed by atoms with Gasteiger partial charge in [-0.05, 0) is 31.4 Å². The van der Waals surface area contributed by atoms with Crippen molar-refractivity contribution in [3.05, 3.63) is 23.5 Å². The zero-order valence-electron chi connectivity index (χ0n) is 11.9. The van der Waals surface area contributed by atoms with Crippen LogP contribution in [0.3, 0.4) is 0 Å². The Bertz CT molecular complexity index is 435. The van der Waals surface area contributed by atoms with Gasteiger partial charge in [-0.2, -0.15) is 0 Å². The molecule has 1 aromatic heterocycles. The average Bonchev–Trinajstić information content (AvgIpc) is 2.20. The lowest BCUT2D eigenvalue weighted by molar-refractivity contribution is -0.117. The minimum absolute atomic E-state index is 0.0637. The monoisotopic (exact) mass is 249 g/mol. The van der Waals surface area contributed by atoms with Crippen molar-refractivity contribution in [2.45, 2.75) is 47.1 Å². The van der Waals surface area contributed by atoms with Gasteiger partial charge in [0, 0.05) is 18.2 Å². The van der Waals surface area contributed by atoms with E-state index in [0.717, 1.165) is 17.1 Å². The molecule has 1 aromatic rings. The van der Waals surface area contributed by atoms with Crippen LogP contribution in [0, 0.1) is 19.3 Å². The zero-order chi connectivity index (χ0) is 13.9. The molecule has 0 aliphatic carbocycles. The molecule has 0 aromatic carbocycles. The largest absolute Gasteiger partial charge is 0.327 e. The van der Waals surface area contributed by atoms with Crippen LogP contribution in [0.15, 0.2) is 12.1 Å². The molecule has 1 rings (SSSR count). The maximum atomic E-state index is 11.9. The van der Waals surface area contributed by atoms with E-state index in [1.807, 2.05) is 46.8 Å². The van der Waals surface area contributed by atoms with Crippen molar-refractivity contribution in [2.24, 2.45) is 11.1 Å². The minimum Gasteiger partial charge on any atom is -0.327 e. The summed E-state index contributed by atoms with van der Waals surface area (Å²) >= 11 is 0. The lowest BCUT2D eigenvalue weighted by atomic mass is 9.85. The van der Waals surface area contributed by atoms with Gasteiger partial charge in [-0.3, -0.25) is 9.78 Å². The maximum absolute atomic E-state index is 11.9. The third-order valence-corrected chi connectivity index (χ3v) is 3.02. The molecule has 4 nitrogen and oxygen atoms in total. The number of pyridine rings is 1. The van der Waals surface area contributed by atoms with E-state index >= 15 is 0 Å². The van der Waals surface area contributed by atoms with Gasteiger partial charge in [0.15, 0.2) is 0 Å².